The van der Waals surface area contributed by atoms with Crippen molar-refractivity contribution in [3.8, 4) is 0 Å². The fourth-order valence-electron chi connectivity index (χ4n) is 3.12. The second-order valence-electron chi connectivity index (χ2n) is 6.59. The Kier molecular flexibility index (Phi) is 6.21. The number of carbonyl (C=O) groups is 2. The zero-order chi connectivity index (χ0) is 22.1. The molecular weight excluding hydrogens is 482 g/mol. The van der Waals surface area contributed by atoms with Gasteiger partial charge in [0, 0.05) is 20.6 Å². The second kappa shape index (κ2) is 8.89. The van der Waals surface area contributed by atoms with Crippen molar-refractivity contribution in [2.75, 3.05) is 4.90 Å². The van der Waals surface area contributed by atoms with E-state index in [1.807, 2.05) is 0 Å². The van der Waals surface area contributed by atoms with Crippen LogP contribution in [0.3, 0.4) is 0 Å². The van der Waals surface area contributed by atoms with Gasteiger partial charge in [-0.25, -0.2) is 4.79 Å². The molecule has 0 spiro atoms. The molecule has 0 aromatic heterocycles. The molecule has 1 heterocycles. The first-order valence-electron chi connectivity index (χ1n) is 8.94. The minimum atomic E-state index is -0.807. The minimum Gasteiger partial charge on any atom is -0.312 e. The summed E-state index contributed by atoms with van der Waals surface area (Å²) >= 11 is 24.1. The van der Waals surface area contributed by atoms with Gasteiger partial charge in [0.15, 0.2) is 5.71 Å². The van der Waals surface area contributed by atoms with Gasteiger partial charge in [-0.2, -0.15) is 0 Å². The third-order valence-electron chi connectivity index (χ3n) is 4.61. The molecule has 0 saturated carbocycles. The van der Waals surface area contributed by atoms with Crippen LogP contribution in [0.15, 0.2) is 65.8 Å². The van der Waals surface area contributed by atoms with Crippen LogP contribution in [-0.2, 0) is 16.2 Å². The van der Waals surface area contributed by atoms with E-state index in [0.29, 0.717) is 31.9 Å². The Balaban J connectivity index is 1.63. The van der Waals surface area contributed by atoms with Crippen molar-refractivity contribution in [1.29, 1.82) is 0 Å². The van der Waals surface area contributed by atoms with Crippen molar-refractivity contribution in [2.45, 2.75) is 6.54 Å². The Morgan fingerprint density at radius 1 is 0.903 bits per heavy atom. The third-order valence-corrected chi connectivity index (χ3v) is 5.75. The van der Waals surface area contributed by atoms with E-state index in [-0.39, 0.29) is 22.8 Å². The standard InChI is InChI=1S/C22H12Cl4N2O3/c23-13-6-5-12(17(25)9-13)11-28-19-4-2-1-3-16(19)20(21(28)29)27-31-22(30)15-8-7-14(24)10-18(15)26/h1-10H,11H2/b27-20+. The zero-order valence-electron chi connectivity index (χ0n) is 15.6. The van der Waals surface area contributed by atoms with E-state index in [0.717, 1.165) is 0 Å². The lowest BCUT2D eigenvalue weighted by Gasteiger charge is -2.17. The maximum Gasteiger partial charge on any atom is 0.367 e. The van der Waals surface area contributed by atoms with Gasteiger partial charge in [-0.15, -0.1) is 0 Å². The summed E-state index contributed by atoms with van der Waals surface area (Å²) in [5.74, 6) is -1.24. The van der Waals surface area contributed by atoms with Gasteiger partial charge in [0.2, 0.25) is 0 Å². The minimum absolute atomic E-state index is 0.000813. The highest BCUT2D eigenvalue weighted by molar-refractivity contribution is 6.54. The Morgan fingerprint density at radius 3 is 2.29 bits per heavy atom. The highest BCUT2D eigenvalue weighted by Crippen LogP contribution is 2.32. The summed E-state index contributed by atoms with van der Waals surface area (Å²) in [4.78, 5) is 32.0. The van der Waals surface area contributed by atoms with Gasteiger partial charge in [-0.05, 0) is 42.0 Å². The first-order valence-corrected chi connectivity index (χ1v) is 10.5. The summed E-state index contributed by atoms with van der Waals surface area (Å²) < 4.78 is 0. The lowest BCUT2D eigenvalue weighted by Crippen LogP contribution is -2.30. The Morgan fingerprint density at radius 2 is 1.58 bits per heavy atom. The number of para-hydroxylation sites is 1. The molecule has 0 N–H and O–H groups in total. The smallest absolute Gasteiger partial charge is 0.312 e. The second-order valence-corrected chi connectivity index (χ2v) is 8.27. The zero-order valence-corrected chi connectivity index (χ0v) is 18.6. The number of amides is 1. The molecule has 1 aliphatic heterocycles. The average Bonchev–Trinajstić information content (AvgIpc) is 2.99. The van der Waals surface area contributed by atoms with Crippen LogP contribution in [0.4, 0.5) is 5.69 Å². The van der Waals surface area contributed by atoms with Crippen molar-refractivity contribution in [1.82, 2.24) is 0 Å². The predicted octanol–water partition coefficient (Wildman–Crippen LogP) is 6.41. The third kappa shape index (κ3) is 4.41. The highest BCUT2D eigenvalue weighted by Gasteiger charge is 2.35. The molecule has 0 bridgehead atoms. The summed E-state index contributed by atoms with van der Waals surface area (Å²) in [6, 6.07) is 16.5. The van der Waals surface area contributed by atoms with Gasteiger partial charge in [0.1, 0.15) is 0 Å². The Hall–Kier alpha value is -2.57. The molecule has 4 rings (SSSR count). The van der Waals surface area contributed by atoms with E-state index in [9.17, 15) is 9.59 Å². The van der Waals surface area contributed by atoms with Crippen molar-refractivity contribution < 1.29 is 14.4 Å². The molecule has 0 aliphatic carbocycles. The maximum absolute atomic E-state index is 13.1. The molecule has 0 radical (unpaired) electrons. The monoisotopic (exact) mass is 492 g/mol. The number of hydrogen-bond donors (Lipinski definition) is 0. The fraction of sp³-hybridized carbons (Fsp3) is 0.0455. The topological polar surface area (TPSA) is 59.0 Å². The first kappa shape index (κ1) is 21.7. The van der Waals surface area contributed by atoms with Gasteiger partial charge < -0.3 is 9.74 Å². The number of carbonyl (C=O) groups excluding carboxylic acids is 2. The number of fused-ring (bicyclic) bond motifs is 1. The molecule has 0 saturated heterocycles. The Bertz CT molecular complexity index is 1240. The van der Waals surface area contributed by atoms with E-state index >= 15 is 0 Å². The number of anilines is 1. The molecule has 9 heteroatoms. The quantitative estimate of drug-likeness (QED) is 0.311. The van der Waals surface area contributed by atoms with Crippen molar-refractivity contribution in [2.24, 2.45) is 5.16 Å². The number of oxime groups is 1. The molecule has 0 atom stereocenters. The van der Waals surface area contributed by atoms with Gasteiger partial charge in [0.05, 0.1) is 22.8 Å². The molecule has 3 aromatic rings. The largest absolute Gasteiger partial charge is 0.367 e. The molecule has 5 nitrogen and oxygen atoms in total. The Labute approximate surface area is 197 Å². The van der Waals surface area contributed by atoms with Crippen LogP contribution in [0, 0.1) is 0 Å². The van der Waals surface area contributed by atoms with Crippen LogP contribution < -0.4 is 4.90 Å². The lowest BCUT2D eigenvalue weighted by atomic mass is 10.1. The molecule has 1 aliphatic rings. The van der Waals surface area contributed by atoms with Gasteiger partial charge in [0.25, 0.3) is 5.91 Å². The molecule has 1 amide bonds. The normalized spacial score (nSPS) is 14.1. The van der Waals surface area contributed by atoms with Crippen molar-refractivity contribution >= 4 is 69.7 Å². The highest BCUT2D eigenvalue weighted by atomic mass is 35.5. The van der Waals surface area contributed by atoms with Crippen LogP contribution in [0.2, 0.25) is 20.1 Å². The number of benzene rings is 3. The van der Waals surface area contributed by atoms with Crippen LogP contribution in [0.5, 0.6) is 0 Å². The average molecular weight is 494 g/mol. The van der Waals surface area contributed by atoms with Crippen LogP contribution in [0.1, 0.15) is 21.5 Å². The van der Waals surface area contributed by atoms with Crippen LogP contribution in [0.25, 0.3) is 0 Å². The summed E-state index contributed by atoms with van der Waals surface area (Å²) in [6.07, 6.45) is 0. The molecule has 0 unspecified atom stereocenters. The molecule has 31 heavy (non-hydrogen) atoms. The van der Waals surface area contributed by atoms with E-state index in [1.54, 1.807) is 42.5 Å². The molecule has 3 aromatic carbocycles. The van der Waals surface area contributed by atoms with Gasteiger partial charge in [-0.3, -0.25) is 4.79 Å². The first-order chi connectivity index (χ1) is 14.8. The maximum atomic E-state index is 13.1. The number of rotatable bonds is 4. The number of halogens is 4. The predicted molar refractivity (Wildman–Crippen MR) is 123 cm³/mol. The van der Waals surface area contributed by atoms with E-state index in [2.05, 4.69) is 5.16 Å². The SMILES string of the molecule is O=C(O/N=C1/C(=O)N(Cc2ccc(Cl)cc2Cl)c2ccccc21)c1ccc(Cl)cc1Cl. The van der Waals surface area contributed by atoms with Crippen LogP contribution >= 0.6 is 46.4 Å². The van der Waals surface area contributed by atoms with E-state index in [4.69, 9.17) is 51.2 Å². The summed E-state index contributed by atoms with van der Waals surface area (Å²) in [5.41, 5.74) is 1.95. The molecular formula is C22H12Cl4N2O3. The van der Waals surface area contributed by atoms with E-state index in [1.165, 1.54) is 23.1 Å². The van der Waals surface area contributed by atoms with E-state index < -0.39 is 11.9 Å². The van der Waals surface area contributed by atoms with Gasteiger partial charge in [-0.1, -0.05) is 75.8 Å². The lowest BCUT2D eigenvalue weighted by molar-refractivity contribution is -0.112. The van der Waals surface area contributed by atoms with Gasteiger partial charge >= 0.3 is 5.97 Å². The van der Waals surface area contributed by atoms with Crippen LogP contribution in [-0.4, -0.2) is 17.6 Å². The van der Waals surface area contributed by atoms with Crippen molar-refractivity contribution in [3.05, 3.63) is 97.4 Å². The fourth-order valence-corrected chi connectivity index (χ4v) is 4.07. The molecule has 0 fully saturated rings. The number of nitrogens with zero attached hydrogens (tertiary/aromatic N) is 2. The summed E-state index contributed by atoms with van der Waals surface area (Å²) in [7, 11) is 0. The van der Waals surface area contributed by atoms with Crippen molar-refractivity contribution in [3.63, 3.8) is 0 Å². The summed E-state index contributed by atoms with van der Waals surface area (Å²) in [6.45, 7) is 0.196. The summed E-state index contributed by atoms with van der Waals surface area (Å²) in [5, 5.41) is 5.28. The molecule has 156 valence electrons. The number of hydrogen-bond acceptors (Lipinski definition) is 4.